The van der Waals surface area contributed by atoms with Gasteiger partial charge in [0.2, 0.25) is 0 Å². The van der Waals surface area contributed by atoms with E-state index in [-0.39, 0.29) is 11.5 Å². The third kappa shape index (κ3) is 5.84. The van der Waals surface area contributed by atoms with Gasteiger partial charge in [-0.3, -0.25) is 9.69 Å². The molecule has 0 aliphatic carbocycles. The molecule has 0 atom stereocenters. The number of nitrogens with one attached hydrogen (secondary N) is 1. The molecule has 1 N–H and O–H groups in total. The minimum atomic E-state index is -0.214. The summed E-state index contributed by atoms with van der Waals surface area (Å²) in [6, 6.07) is 20.0. The molecular formula is C23H26N4O2. The second-order valence-corrected chi connectivity index (χ2v) is 6.95. The van der Waals surface area contributed by atoms with Gasteiger partial charge in [0, 0.05) is 45.5 Å². The summed E-state index contributed by atoms with van der Waals surface area (Å²) < 4.78 is 5.14. The topological polar surface area (TPSA) is 68.6 Å². The maximum Gasteiger partial charge on any atom is 0.266 e. The first-order chi connectivity index (χ1) is 14.2. The van der Waals surface area contributed by atoms with Crippen LogP contribution < -0.4 is 10.1 Å². The molecule has 1 fully saturated rings. The maximum atomic E-state index is 12.7. The number of carbonyl (C=O) groups excluding carboxylic acids is 1. The quantitative estimate of drug-likeness (QED) is 0.581. The molecule has 6 heteroatoms. The third-order valence-corrected chi connectivity index (χ3v) is 4.97. The Bertz CT molecular complexity index is 864. The van der Waals surface area contributed by atoms with E-state index in [1.807, 2.05) is 48.5 Å². The molecule has 2 aromatic carbocycles. The molecular weight excluding hydrogens is 364 g/mol. The van der Waals surface area contributed by atoms with Crippen LogP contribution in [0.25, 0.3) is 0 Å². The Morgan fingerprint density at radius 3 is 2.38 bits per heavy atom. The number of benzene rings is 2. The molecule has 3 rings (SSSR count). The van der Waals surface area contributed by atoms with Gasteiger partial charge < -0.3 is 15.0 Å². The smallest absolute Gasteiger partial charge is 0.266 e. The van der Waals surface area contributed by atoms with E-state index in [0.29, 0.717) is 19.6 Å². The monoisotopic (exact) mass is 390 g/mol. The van der Waals surface area contributed by atoms with E-state index in [1.54, 1.807) is 12.0 Å². The van der Waals surface area contributed by atoms with Crippen LogP contribution in [-0.2, 0) is 17.9 Å². The lowest BCUT2D eigenvalue weighted by molar-refractivity contribution is -0.128. The Labute approximate surface area is 172 Å². The molecule has 0 bridgehead atoms. The summed E-state index contributed by atoms with van der Waals surface area (Å²) in [4.78, 5) is 16.8. The minimum Gasteiger partial charge on any atom is -0.497 e. The van der Waals surface area contributed by atoms with Crippen molar-refractivity contribution >= 4 is 5.91 Å². The predicted octanol–water partition coefficient (Wildman–Crippen LogP) is 2.54. The lowest BCUT2D eigenvalue weighted by Crippen LogP contribution is -2.48. The molecule has 0 unspecified atom stereocenters. The molecule has 6 nitrogen and oxygen atoms in total. The maximum absolute atomic E-state index is 12.7. The molecule has 0 aromatic heterocycles. The fraction of sp³-hybridized carbons (Fsp3) is 0.304. The van der Waals surface area contributed by atoms with Crippen LogP contribution in [0.15, 0.2) is 66.4 Å². The molecule has 1 amide bonds. The lowest BCUT2D eigenvalue weighted by Gasteiger charge is -2.34. The Hall–Kier alpha value is -3.30. The van der Waals surface area contributed by atoms with Crippen LogP contribution in [0.5, 0.6) is 5.75 Å². The number of rotatable bonds is 7. The molecule has 0 radical (unpaired) electrons. The summed E-state index contributed by atoms with van der Waals surface area (Å²) in [6.07, 6.45) is 1.52. The SMILES string of the molecule is COc1ccc(CN/C=C(/C#N)C(=O)N2CCN(Cc3ccccc3)CC2)cc1. The molecule has 0 saturated carbocycles. The van der Waals surface area contributed by atoms with Crippen molar-refractivity contribution in [2.75, 3.05) is 33.3 Å². The first-order valence-electron chi connectivity index (χ1n) is 9.71. The highest BCUT2D eigenvalue weighted by molar-refractivity contribution is 5.97. The normalized spacial score (nSPS) is 14.9. The fourth-order valence-corrected chi connectivity index (χ4v) is 3.28. The van der Waals surface area contributed by atoms with Gasteiger partial charge >= 0.3 is 0 Å². The Morgan fingerprint density at radius 1 is 1.07 bits per heavy atom. The fourth-order valence-electron chi connectivity index (χ4n) is 3.28. The predicted molar refractivity (Wildman–Crippen MR) is 112 cm³/mol. The molecule has 1 saturated heterocycles. The van der Waals surface area contributed by atoms with Gasteiger partial charge in [0.15, 0.2) is 0 Å². The summed E-state index contributed by atoms with van der Waals surface area (Å²) in [5.74, 6) is 0.581. The zero-order chi connectivity index (χ0) is 20.5. The van der Waals surface area contributed by atoms with Crippen LogP contribution in [0, 0.1) is 11.3 Å². The second kappa shape index (κ2) is 10.3. The van der Waals surface area contributed by atoms with Crippen molar-refractivity contribution in [3.05, 3.63) is 77.5 Å². The van der Waals surface area contributed by atoms with Crippen molar-refractivity contribution in [2.45, 2.75) is 13.1 Å². The highest BCUT2D eigenvalue weighted by atomic mass is 16.5. The van der Waals surface area contributed by atoms with Crippen molar-refractivity contribution in [2.24, 2.45) is 0 Å². The van der Waals surface area contributed by atoms with Crippen molar-refractivity contribution in [1.29, 1.82) is 5.26 Å². The third-order valence-electron chi connectivity index (χ3n) is 4.97. The Morgan fingerprint density at radius 2 is 1.76 bits per heavy atom. The standard InChI is InChI=1S/C23H26N4O2/c1-29-22-9-7-19(8-10-22)16-25-17-21(15-24)23(28)27-13-11-26(12-14-27)18-20-5-3-2-4-6-20/h2-10,17,25H,11-14,16,18H2,1H3/b21-17-. The van der Waals surface area contributed by atoms with E-state index in [0.717, 1.165) is 30.9 Å². The Balaban J connectivity index is 1.49. The van der Waals surface area contributed by atoms with E-state index < -0.39 is 0 Å². The average molecular weight is 390 g/mol. The summed E-state index contributed by atoms with van der Waals surface area (Å²) in [7, 11) is 1.63. The van der Waals surface area contributed by atoms with Gasteiger partial charge in [-0.15, -0.1) is 0 Å². The number of methoxy groups -OCH3 is 1. The summed E-state index contributed by atoms with van der Waals surface area (Å²) in [5, 5.41) is 12.5. The molecule has 29 heavy (non-hydrogen) atoms. The largest absolute Gasteiger partial charge is 0.497 e. The van der Waals surface area contributed by atoms with E-state index >= 15 is 0 Å². The van der Waals surface area contributed by atoms with Crippen molar-refractivity contribution in [3.63, 3.8) is 0 Å². The van der Waals surface area contributed by atoms with Crippen molar-refractivity contribution < 1.29 is 9.53 Å². The summed E-state index contributed by atoms with van der Waals surface area (Å²) in [6.45, 7) is 4.28. The van der Waals surface area contributed by atoms with Crippen LogP contribution in [-0.4, -0.2) is 49.0 Å². The molecule has 1 aliphatic rings. The molecule has 0 spiro atoms. The number of hydrogen-bond acceptors (Lipinski definition) is 5. The van der Waals surface area contributed by atoms with Gasteiger partial charge in [-0.25, -0.2) is 0 Å². The summed E-state index contributed by atoms with van der Waals surface area (Å²) >= 11 is 0. The number of piperazine rings is 1. The molecule has 1 aliphatic heterocycles. The van der Waals surface area contributed by atoms with Crippen molar-refractivity contribution in [1.82, 2.24) is 15.1 Å². The molecule has 1 heterocycles. The van der Waals surface area contributed by atoms with E-state index in [1.165, 1.54) is 11.8 Å². The molecule has 2 aromatic rings. The average Bonchev–Trinajstić information content (AvgIpc) is 2.78. The van der Waals surface area contributed by atoms with E-state index in [2.05, 4.69) is 22.3 Å². The Kier molecular flexibility index (Phi) is 7.26. The van der Waals surface area contributed by atoms with Crippen LogP contribution in [0.3, 0.4) is 0 Å². The number of nitrogens with zero attached hydrogens (tertiary/aromatic N) is 3. The second-order valence-electron chi connectivity index (χ2n) is 6.95. The lowest BCUT2D eigenvalue weighted by atomic mass is 10.2. The van der Waals surface area contributed by atoms with Crippen LogP contribution >= 0.6 is 0 Å². The highest BCUT2D eigenvalue weighted by Crippen LogP contribution is 2.12. The number of nitriles is 1. The van der Waals surface area contributed by atoms with Gasteiger partial charge in [-0.1, -0.05) is 42.5 Å². The van der Waals surface area contributed by atoms with Crippen LogP contribution in [0.4, 0.5) is 0 Å². The number of amides is 1. The van der Waals surface area contributed by atoms with Gasteiger partial charge in [0.25, 0.3) is 5.91 Å². The number of carbonyl (C=O) groups is 1. The van der Waals surface area contributed by atoms with E-state index in [9.17, 15) is 10.1 Å². The van der Waals surface area contributed by atoms with Gasteiger partial charge in [0.1, 0.15) is 17.4 Å². The highest BCUT2D eigenvalue weighted by Gasteiger charge is 2.23. The van der Waals surface area contributed by atoms with Gasteiger partial charge in [-0.2, -0.15) is 5.26 Å². The first kappa shape index (κ1) is 20.4. The van der Waals surface area contributed by atoms with Gasteiger partial charge in [0.05, 0.1) is 7.11 Å². The van der Waals surface area contributed by atoms with Crippen LogP contribution in [0.1, 0.15) is 11.1 Å². The van der Waals surface area contributed by atoms with Gasteiger partial charge in [-0.05, 0) is 23.3 Å². The zero-order valence-corrected chi connectivity index (χ0v) is 16.7. The summed E-state index contributed by atoms with van der Waals surface area (Å²) in [5.41, 5.74) is 2.45. The van der Waals surface area contributed by atoms with E-state index in [4.69, 9.17) is 4.74 Å². The number of hydrogen-bond donors (Lipinski definition) is 1. The first-order valence-corrected chi connectivity index (χ1v) is 9.71. The molecule has 150 valence electrons. The zero-order valence-electron chi connectivity index (χ0n) is 16.7. The van der Waals surface area contributed by atoms with Crippen molar-refractivity contribution in [3.8, 4) is 11.8 Å². The van der Waals surface area contributed by atoms with Crippen LogP contribution in [0.2, 0.25) is 0 Å². The number of ether oxygens (including phenoxy) is 1. The minimum absolute atomic E-state index is 0.134.